The number of methoxy groups -OCH3 is 1. The van der Waals surface area contributed by atoms with Crippen molar-refractivity contribution in [2.75, 3.05) is 11.8 Å². The zero-order valence-corrected chi connectivity index (χ0v) is 18.3. The van der Waals surface area contributed by atoms with Gasteiger partial charge in [-0.3, -0.25) is 0 Å². The van der Waals surface area contributed by atoms with Gasteiger partial charge in [0.25, 0.3) is 10.0 Å². The maximum atomic E-state index is 12.8. The molecule has 0 aliphatic heterocycles. The average molecular weight is 448 g/mol. The summed E-state index contributed by atoms with van der Waals surface area (Å²) in [4.78, 5) is 8.81. The minimum Gasteiger partial charge on any atom is -0.496 e. The zero-order valence-electron chi connectivity index (χ0n) is 17.5. The van der Waals surface area contributed by atoms with E-state index in [1.807, 2.05) is 43.3 Å². The number of hydrogen-bond acceptors (Lipinski definition) is 6. The van der Waals surface area contributed by atoms with Crippen molar-refractivity contribution in [2.24, 2.45) is 0 Å². The van der Waals surface area contributed by atoms with Crippen molar-refractivity contribution in [1.82, 2.24) is 9.97 Å². The number of aromatic nitrogens is 2. The fourth-order valence-corrected chi connectivity index (χ4v) is 4.06. The van der Waals surface area contributed by atoms with E-state index in [0.29, 0.717) is 17.2 Å². The van der Waals surface area contributed by atoms with Crippen LogP contribution in [0.1, 0.15) is 5.56 Å². The maximum absolute atomic E-state index is 12.8. The second-order valence-electron chi connectivity index (χ2n) is 6.89. The number of anilines is 1. The van der Waals surface area contributed by atoms with Gasteiger partial charge in [-0.05, 0) is 31.2 Å². The van der Waals surface area contributed by atoms with E-state index in [2.05, 4.69) is 14.7 Å². The molecule has 4 aromatic rings. The Hall–Kier alpha value is -3.91. The molecule has 8 heteroatoms. The van der Waals surface area contributed by atoms with E-state index in [1.54, 1.807) is 43.5 Å². The minimum atomic E-state index is -3.87. The quantitative estimate of drug-likeness (QED) is 0.426. The summed E-state index contributed by atoms with van der Waals surface area (Å²) in [7, 11) is -2.29. The predicted molar refractivity (Wildman–Crippen MR) is 123 cm³/mol. The molecule has 0 spiro atoms. The van der Waals surface area contributed by atoms with Crippen LogP contribution in [0, 0.1) is 6.92 Å². The standard InChI is InChI=1S/C24H21N3O4S/c1-17-21(30-2)14-9-15-22(17)31-23-16-20(18-10-5-3-6-11-18)25-24(26-23)27-32(28,29)19-12-7-4-8-13-19/h3-16H,1-2H3,(H,25,26,27). The van der Waals surface area contributed by atoms with Crippen LogP contribution in [0.2, 0.25) is 0 Å². The van der Waals surface area contributed by atoms with Crippen LogP contribution < -0.4 is 14.2 Å². The van der Waals surface area contributed by atoms with Crippen molar-refractivity contribution in [1.29, 1.82) is 0 Å². The monoisotopic (exact) mass is 447 g/mol. The van der Waals surface area contributed by atoms with Crippen LogP contribution in [-0.2, 0) is 10.0 Å². The highest BCUT2D eigenvalue weighted by molar-refractivity contribution is 7.92. The topological polar surface area (TPSA) is 90.4 Å². The number of benzene rings is 3. The van der Waals surface area contributed by atoms with Crippen LogP contribution in [0.4, 0.5) is 5.95 Å². The molecule has 0 unspecified atom stereocenters. The summed E-state index contributed by atoms with van der Waals surface area (Å²) in [6, 6.07) is 24.5. The number of hydrogen-bond donors (Lipinski definition) is 1. The maximum Gasteiger partial charge on any atom is 0.264 e. The first-order chi connectivity index (χ1) is 15.5. The first-order valence-corrected chi connectivity index (χ1v) is 11.3. The normalized spacial score (nSPS) is 11.1. The lowest BCUT2D eigenvalue weighted by atomic mass is 10.1. The van der Waals surface area contributed by atoms with E-state index in [9.17, 15) is 8.42 Å². The van der Waals surface area contributed by atoms with Crippen LogP contribution in [0.3, 0.4) is 0 Å². The Bertz CT molecular complexity index is 1330. The molecule has 4 rings (SSSR count). The van der Waals surface area contributed by atoms with Crippen LogP contribution >= 0.6 is 0 Å². The van der Waals surface area contributed by atoms with E-state index in [4.69, 9.17) is 9.47 Å². The van der Waals surface area contributed by atoms with Crippen LogP contribution in [-0.4, -0.2) is 25.5 Å². The first kappa shape index (κ1) is 21.3. The summed E-state index contributed by atoms with van der Waals surface area (Å²) in [6.45, 7) is 1.87. The Morgan fingerprint density at radius 2 is 1.47 bits per heavy atom. The van der Waals surface area contributed by atoms with Gasteiger partial charge in [-0.1, -0.05) is 54.6 Å². The van der Waals surface area contributed by atoms with Gasteiger partial charge in [0.2, 0.25) is 11.8 Å². The van der Waals surface area contributed by atoms with E-state index < -0.39 is 10.0 Å². The lowest BCUT2D eigenvalue weighted by Crippen LogP contribution is -2.15. The lowest BCUT2D eigenvalue weighted by molar-refractivity contribution is 0.402. The molecule has 1 aromatic heterocycles. The largest absolute Gasteiger partial charge is 0.496 e. The summed E-state index contributed by atoms with van der Waals surface area (Å²) in [5.74, 6) is 1.32. The second-order valence-corrected chi connectivity index (χ2v) is 8.57. The molecule has 0 fully saturated rings. The van der Waals surface area contributed by atoms with Crippen molar-refractivity contribution < 1.29 is 17.9 Å². The number of rotatable bonds is 7. The summed E-state index contributed by atoms with van der Waals surface area (Å²) >= 11 is 0. The zero-order chi connectivity index (χ0) is 22.6. The Balaban J connectivity index is 1.75. The number of sulfonamides is 1. The second kappa shape index (κ2) is 9.07. The molecule has 0 radical (unpaired) electrons. The lowest BCUT2D eigenvalue weighted by Gasteiger charge is -2.13. The van der Waals surface area contributed by atoms with Gasteiger partial charge in [0.1, 0.15) is 11.5 Å². The molecule has 1 N–H and O–H groups in total. The van der Waals surface area contributed by atoms with Gasteiger partial charge in [0.05, 0.1) is 17.7 Å². The van der Waals surface area contributed by atoms with Gasteiger partial charge in [-0.2, -0.15) is 4.98 Å². The van der Waals surface area contributed by atoms with Crippen molar-refractivity contribution in [3.63, 3.8) is 0 Å². The molecule has 0 amide bonds. The third-order valence-corrected chi connectivity index (χ3v) is 6.06. The van der Waals surface area contributed by atoms with Gasteiger partial charge >= 0.3 is 0 Å². The van der Waals surface area contributed by atoms with Gasteiger partial charge in [-0.25, -0.2) is 18.1 Å². The molecule has 0 atom stereocenters. The molecule has 0 bridgehead atoms. The summed E-state index contributed by atoms with van der Waals surface area (Å²) in [6.07, 6.45) is 0. The van der Waals surface area contributed by atoms with Gasteiger partial charge < -0.3 is 9.47 Å². The predicted octanol–water partition coefficient (Wildman–Crippen LogP) is 5.05. The van der Waals surface area contributed by atoms with Crippen molar-refractivity contribution in [3.8, 4) is 28.6 Å². The molecule has 7 nitrogen and oxygen atoms in total. The van der Waals surface area contributed by atoms with Crippen molar-refractivity contribution >= 4 is 16.0 Å². The SMILES string of the molecule is COc1cccc(Oc2cc(-c3ccccc3)nc(NS(=O)(=O)c3ccccc3)n2)c1C. The number of nitrogens with one attached hydrogen (secondary N) is 1. The first-order valence-electron chi connectivity index (χ1n) is 9.80. The van der Waals surface area contributed by atoms with Crippen molar-refractivity contribution in [2.45, 2.75) is 11.8 Å². The van der Waals surface area contributed by atoms with E-state index in [0.717, 1.165) is 11.1 Å². The molecular formula is C24H21N3O4S. The number of nitrogens with zero attached hydrogens (tertiary/aromatic N) is 2. The molecule has 1 heterocycles. The van der Waals surface area contributed by atoms with Gasteiger partial charge in [-0.15, -0.1) is 0 Å². The van der Waals surface area contributed by atoms with Gasteiger partial charge in [0.15, 0.2) is 0 Å². The molecule has 0 saturated carbocycles. The van der Waals surface area contributed by atoms with Crippen LogP contribution in [0.15, 0.2) is 89.8 Å². The molecule has 0 saturated heterocycles. The van der Waals surface area contributed by atoms with E-state index in [-0.39, 0.29) is 16.7 Å². The molecule has 32 heavy (non-hydrogen) atoms. The highest BCUT2D eigenvalue weighted by Crippen LogP contribution is 2.32. The van der Waals surface area contributed by atoms with E-state index in [1.165, 1.54) is 12.1 Å². The van der Waals surface area contributed by atoms with Gasteiger partial charge in [0, 0.05) is 17.2 Å². The Morgan fingerprint density at radius 3 is 2.16 bits per heavy atom. The molecule has 3 aromatic carbocycles. The Morgan fingerprint density at radius 1 is 0.812 bits per heavy atom. The fraction of sp³-hybridized carbons (Fsp3) is 0.0833. The highest BCUT2D eigenvalue weighted by atomic mass is 32.2. The summed E-state index contributed by atoms with van der Waals surface area (Å²) in [5.41, 5.74) is 2.10. The number of ether oxygens (including phenoxy) is 2. The third kappa shape index (κ3) is 4.70. The molecule has 0 aliphatic rings. The smallest absolute Gasteiger partial charge is 0.264 e. The minimum absolute atomic E-state index is 0.0919. The molecular weight excluding hydrogens is 426 g/mol. The summed E-state index contributed by atoms with van der Waals surface area (Å²) in [5, 5.41) is 0. The highest BCUT2D eigenvalue weighted by Gasteiger charge is 2.18. The Kier molecular flexibility index (Phi) is 6.04. The third-order valence-electron chi connectivity index (χ3n) is 4.72. The van der Waals surface area contributed by atoms with Crippen molar-refractivity contribution in [3.05, 3.63) is 90.5 Å². The van der Waals surface area contributed by atoms with E-state index >= 15 is 0 Å². The Labute approximate surface area is 186 Å². The summed E-state index contributed by atoms with van der Waals surface area (Å²) < 4.78 is 39.4. The van der Waals surface area contributed by atoms with Crippen LogP contribution in [0.5, 0.6) is 17.4 Å². The molecule has 162 valence electrons. The average Bonchev–Trinajstić information content (AvgIpc) is 2.81. The molecule has 0 aliphatic carbocycles. The fourth-order valence-electron chi connectivity index (χ4n) is 3.10. The van der Waals surface area contributed by atoms with Crippen LogP contribution in [0.25, 0.3) is 11.3 Å².